The van der Waals surface area contributed by atoms with Gasteiger partial charge in [0.15, 0.2) is 0 Å². The van der Waals surface area contributed by atoms with Gasteiger partial charge in [0.2, 0.25) is 0 Å². The third-order valence-corrected chi connectivity index (χ3v) is 5.23. The standard InChI is InChI=1S/C17H23N3/c1-20(11-15-9-12-2-3-13(15)8-12)16-4-5-17(19)14(10-16)6-7-18/h4-5,10,12-13,15H,2-3,6,8-9,11,19H2,1H3. The zero-order valence-electron chi connectivity index (χ0n) is 12.2. The molecule has 3 rings (SSSR count). The Balaban J connectivity index is 1.69. The molecule has 20 heavy (non-hydrogen) atoms. The Bertz CT molecular complexity index is 532. The first kappa shape index (κ1) is 13.3. The molecule has 106 valence electrons. The highest BCUT2D eigenvalue weighted by atomic mass is 15.1. The van der Waals surface area contributed by atoms with Crippen molar-refractivity contribution < 1.29 is 0 Å². The van der Waals surface area contributed by atoms with Crippen LogP contribution in [0.4, 0.5) is 11.4 Å². The minimum atomic E-state index is 0.391. The first-order valence-electron chi connectivity index (χ1n) is 7.64. The molecule has 0 heterocycles. The van der Waals surface area contributed by atoms with Crippen LogP contribution in [0.3, 0.4) is 0 Å². The number of nitrogens with two attached hydrogens (primary N) is 1. The van der Waals surface area contributed by atoms with Gasteiger partial charge in [-0.2, -0.15) is 5.26 Å². The summed E-state index contributed by atoms with van der Waals surface area (Å²) < 4.78 is 0. The Hall–Kier alpha value is -1.69. The SMILES string of the molecule is CN(CC1CC2CCC1C2)c1ccc(N)c(CC#N)c1. The molecule has 0 radical (unpaired) electrons. The molecule has 3 heteroatoms. The van der Waals surface area contributed by atoms with Crippen molar-refractivity contribution in [1.82, 2.24) is 0 Å². The quantitative estimate of drug-likeness (QED) is 0.854. The summed E-state index contributed by atoms with van der Waals surface area (Å²) in [6, 6.07) is 8.27. The Morgan fingerprint density at radius 1 is 1.35 bits per heavy atom. The lowest BCUT2D eigenvalue weighted by Crippen LogP contribution is -2.28. The normalized spacial score (nSPS) is 27.5. The number of rotatable bonds is 4. The smallest absolute Gasteiger partial charge is 0.0670 e. The van der Waals surface area contributed by atoms with Gasteiger partial charge in [-0.25, -0.2) is 0 Å². The molecule has 0 spiro atoms. The van der Waals surface area contributed by atoms with Crippen LogP contribution in [-0.2, 0) is 6.42 Å². The molecule has 2 fully saturated rings. The summed E-state index contributed by atoms with van der Waals surface area (Å²) in [7, 11) is 2.16. The maximum Gasteiger partial charge on any atom is 0.0670 e. The molecule has 2 saturated carbocycles. The number of nitrogen functional groups attached to an aromatic ring is 1. The Morgan fingerprint density at radius 2 is 2.20 bits per heavy atom. The van der Waals surface area contributed by atoms with Crippen molar-refractivity contribution in [3.05, 3.63) is 23.8 Å². The van der Waals surface area contributed by atoms with Crippen molar-refractivity contribution >= 4 is 11.4 Å². The Morgan fingerprint density at radius 3 is 2.85 bits per heavy atom. The molecule has 0 saturated heterocycles. The average Bonchev–Trinajstić information content (AvgIpc) is 3.03. The lowest BCUT2D eigenvalue weighted by Gasteiger charge is -2.29. The van der Waals surface area contributed by atoms with E-state index in [4.69, 9.17) is 11.0 Å². The van der Waals surface area contributed by atoms with Gasteiger partial charge in [0.05, 0.1) is 12.5 Å². The Kier molecular flexibility index (Phi) is 3.56. The van der Waals surface area contributed by atoms with Crippen molar-refractivity contribution in [1.29, 1.82) is 5.26 Å². The van der Waals surface area contributed by atoms with Crippen LogP contribution in [0.1, 0.15) is 31.2 Å². The zero-order chi connectivity index (χ0) is 14.1. The van der Waals surface area contributed by atoms with Crippen LogP contribution in [0, 0.1) is 29.1 Å². The highest BCUT2D eigenvalue weighted by Crippen LogP contribution is 2.48. The number of benzene rings is 1. The van der Waals surface area contributed by atoms with Gasteiger partial charge in [-0.15, -0.1) is 0 Å². The van der Waals surface area contributed by atoms with Gasteiger partial charge in [0, 0.05) is 25.0 Å². The molecule has 3 unspecified atom stereocenters. The molecule has 0 aliphatic heterocycles. The van der Waals surface area contributed by atoms with E-state index >= 15 is 0 Å². The molecular weight excluding hydrogens is 246 g/mol. The summed E-state index contributed by atoms with van der Waals surface area (Å²) in [4.78, 5) is 2.34. The molecule has 2 aliphatic rings. The largest absolute Gasteiger partial charge is 0.398 e. The number of fused-ring (bicyclic) bond motifs is 2. The van der Waals surface area contributed by atoms with Crippen LogP contribution < -0.4 is 10.6 Å². The summed E-state index contributed by atoms with van der Waals surface area (Å²) in [6.45, 7) is 1.14. The third-order valence-electron chi connectivity index (χ3n) is 5.23. The van der Waals surface area contributed by atoms with Crippen LogP contribution in [0.5, 0.6) is 0 Å². The summed E-state index contributed by atoms with van der Waals surface area (Å²) in [5, 5.41) is 8.86. The first-order valence-corrected chi connectivity index (χ1v) is 7.64. The van der Waals surface area contributed by atoms with E-state index in [2.05, 4.69) is 30.1 Å². The second-order valence-corrected chi connectivity index (χ2v) is 6.53. The highest BCUT2D eigenvalue weighted by molar-refractivity contribution is 5.59. The van der Waals surface area contributed by atoms with Gasteiger partial charge < -0.3 is 10.6 Å². The fourth-order valence-corrected chi connectivity index (χ4v) is 4.13. The molecule has 2 bridgehead atoms. The zero-order valence-corrected chi connectivity index (χ0v) is 12.2. The third kappa shape index (κ3) is 2.47. The van der Waals surface area contributed by atoms with E-state index in [9.17, 15) is 0 Å². The molecule has 2 N–H and O–H groups in total. The predicted molar refractivity (Wildman–Crippen MR) is 82.4 cm³/mol. The van der Waals surface area contributed by atoms with Gasteiger partial charge in [-0.05, 0) is 60.8 Å². The molecule has 3 atom stereocenters. The average molecular weight is 269 g/mol. The number of anilines is 2. The van der Waals surface area contributed by atoms with E-state index < -0.39 is 0 Å². The molecule has 1 aromatic carbocycles. The fourth-order valence-electron chi connectivity index (χ4n) is 4.13. The number of hydrogen-bond donors (Lipinski definition) is 1. The van der Waals surface area contributed by atoms with Gasteiger partial charge in [-0.3, -0.25) is 0 Å². The van der Waals surface area contributed by atoms with Crippen LogP contribution in [0.2, 0.25) is 0 Å². The maximum atomic E-state index is 8.86. The van der Waals surface area contributed by atoms with E-state index in [1.165, 1.54) is 31.4 Å². The lowest BCUT2D eigenvalue weighted by atomic mass is 9.88. The van der Waals surface area contributed by atoms with Gasteiger partial charge in [-0.1, -0.05) is 6.42 Å². The van der Waals surface area contributed by atoms with Crippen molar-refractivity contribution in [3.63, 3.8) is 0 Å². The summed E-state index contributed by atoms with van der Waals surface area (Å²) in [5.74, 6) is 2.81. The van der Waals surface area contributed by atoms with Crippen LogP contribution in [0.25, 0.3) is 0 Å². The molecule has 1 aromatic rings. The predicted octanol–water partition coefficient (Wildman–Crippen LogP) is 3.21. The van der Waals surface area contributed by atoms with Crippen LogP contribution >= 0.6 is 0 Å². The molecule has 0 amide bonds. The fraction of sp³-hybridized carbons (Fsp3) is 0.588. The van der Waals surface area contributed by atoms with Crippen LogP contribution in [-0.4, -0.2) is 13.6 Å². The van der Waals surface area contributed by atoms with Crippen molar-refractivity contribution in [2.45, 2.75) is 32.1 Å². The highest BCUT2D eigenvalue weighted by Gasteiger charge is 2.39. The minimum absolute atomic E-state index is 0.391. The van der Waals surface area contributed by atoms with Crippen molar-refractivity contribution in [2.24, 2.45) is 17.8 Å². The second-order valence-electron chi connectivity index (χ2n) is 6.53. The number of hydrogen-bond acceptors (Lipinski definition) is 3. The molecule has 0 aromatic heterocycles. The molecular formula is C17H23N3. The summed E-state index contributed by atoms with van der Waals surface area (Å²) in [6.07, 6.45) is 6.15. The minimum Gasteiger partial charge on any atom is -0.398 e. The van der Waals surface area contributed by atoms with E-state index in [1.54, 1.807) is 0 Å². The van der Waals surface area contributed by atoms with E-state index in [-0.39, 0.29) is 0 Å². The summed E-state index contributed by atoms with van der Waals surface area (Å²) >= 11 is 0. The van der Waals surface area contributed by atoms with E-state index in [0.29, 0.717) is 6.42 Å². The number of nitrogens with zero attached hydrogens (tertiary/aromatic N) is 2. The van der Waals surface area contributed by atoms with Gasteiger partial charge in [0.1, 0.15) is 0 Å². The summed E-state index contributed by atoms with van der Waals surface area (Å²) in [5.41, 5.74) is 8.78. The molecule has 2 aliphatic carbocycles. The van der Waals surface area contributed by atoms with Gasteiger partial charge in [0.25, 0.3) is 0 Å². The molecule has 3 nitrogen and oxygen atoms in total. The van der Waals surface area contributed by atoms with E-state index in [0.717, 1.165) is 35.5 Å². The topological polar surface area (TPSA) is 53.0 Å². The number of nitriles is 1. The first-order chi connectivity index (χ1) is 9.67. The van der Waals surface area contributed by atoms with Crippen molar-refractivity contribution in [3.8, 4) is 6.07 Å². The second kappa shape index (κ2) is 5.36. The van der Waals surface area contributed by atoms with Crippen molar-refractivity contribution in [2.75, 3.05) is 24.2 Å². The monoisotopic (exact) mass is 269 g/mol. The maximum absolute atomic E-state index is 8.86. The lowest BCUT2D eigenvalue weighted by molar-refractivity contribution is 0.337. The van der Waals surface area contributed by atoms with Gasteiger partial charge >= 0.3 is 0 Å². The Labute approximate surface area is 121 Å². The van der Waals surface area contributed by atoms with E-state index in [1.807, 2.05) is 6.07 Å². The van der Waals surface area contributed by atoms with Crippen LogP contribution in [0.15, 0.2) is 18.2 Å².